The highest BCUT2D eigenvalue weighted by Crippen LogP contribution is 2.34. The van der Waals surface area contributed by atoms with E-state index >= 15 is 0 Å². The van der Waals surface area contributed by atoms with E-state index in [2.05, 4.69) is 10.3 Å². The molecular weight excluding hydrogens is 590 g/mol. The molecular formula is C31H43N3O7S2. The molecule has 0 saturated carbocycles. The smallest absolute Gasteiger partial charge is 0.288 e. The molecule has 0 aliphatic carbocycles. The van der Waals surface area contributed by atoms with Crippen molar-refractivity contribution in [1.29, 1.82) is 0 Å². The number of likely N-dealkylation sites (tertiary alicyclic amines) is 2. The first-order valence-electron chi connectivity index (χ1n) is 15.2. The lowest BCUT2D eigenvalue weighted by Gasteiger charge is -2.40. The lowest BCUT2D eigenvalue weighted by Crippen LogP contribution is -2.49. The number of benzene rings is 1. The van der Waals surface area contributed by atoms with Crippen LogP contribution >= 0.6 is 11.3 Å². The van der Waals surface area contributed by atoms with Crippen LogP contribution in [-0.4, -0.2) is 105 Å². The molecule has 0 bridgehead atoms. The molecule has 2 aromatic rings. The number of thiophene rings is 1. The van der Waals surface area contributed by atoms with Crippen LogP contribution in [0.5, 0.6) is 5.75 Å². The molecule has 2 fully saturated rings. The highest BCUT2D eigenvalue weighted by molar-refractivity contribution is 7.89. The number of rotatable bonds is 12. The third-order valence-corrected chi connectivity index (χ3v) is 11.2. The standard InChI is InChI=1S/C31H43N3O7S2/c1-39-27-5-7-28(8-6-27)43(37,38)34(16-18-35)17-19-40-30-22-25(24-11-20-42-23-24)21-29(41-30)31(36)33-14-9-26(10-15-33)32-12-3-2-4-13-32/h5-8,11,20-21,23,25-26,30,35H,2-4,9-10,12-19,22H2,1H3/t25-,30+/m0/s1. The monoisotopic (exact) mass is 633 g/mol. The summed E-state index contributed by atoms with van der Waals surface area (Å²) in [5, 5.41) is 13.7. The summed E-state index contributed by atoms with van der Waals surface area (Å²) in [6.45, 7) is 3.39. The lowest BCUT2D eigenvalue weighted by atomic mass is 9.94. The zero-order valence-electron chi connectivity index (χ0n) is 24.8. The van der Waals surface area contributed by atoms with Gasteiger partial charge < -0.3 is 29.1 Å². The summed E-state index contributed by atoms with van der Waals surface area (Å²) in [4.78, 5) is 18.2. The minimum atomic E-state index is -3.87. The van der Waals surface area contributed by atoms with Crippen molar-refractivity contribution < 1.29 is 32.5 Å². The van der Waals surface area contributed by atoms with Crippen LogP contribution < -0.4 is 4.74 Å². The van der Waals surface area contributed by atoms with E-state index in [-0.39, 0.29) is 43.0 Å². The average molecular weight is 634 g/mol. The first-order chi connectivity index (χ1) is 20.9. The molecule has 236 valence electrons. The number of sulfonamides is 1. The van der Waals surface area contributed by atoms with Gasteiger partial charge in [-0.15, -0.1) is 0 Å². The maximum atomic E-state index is 13.6. The van der Waals surface area contributed by atoms with Crippen LogP contribution in [0.25, 0.3) is 0 Å². The fourth-order valence-electron chi connectivity index (χ4n) is 6.15. The minimum absolute atomic E-state index is 0.0227. The topological polar surface area (TPSA) is 109 Å². The van der Waals surface area contributed by atoms with Crippen molar-refractivity contribution in [3.8, 4) is 5.75 Å². The van der Waals surface area contributed by atoms with Crippen LogP contribution in [0, 0.1) is 0 Å². The van der Waals surface area contributed by atoms with E-state index in [1.54, 1.807) is 23.5 Å². The molecule has 12 heteroatoms. The number of ether oxygens (including phenoxy) is 3. The molecule has 1 aromatic heterocycles. The summed E-state index contributed by atoms with van der Waals surface area (Å²) >= 11 is 1.60. The van der Waals surface area contributed by atoms with Crippen molar-refractivity contribution in [2.24, 2.45) is 0 Å². The van der Waals surface area contributed by atoms with E-state index in [1.165, 1.54) is 42.8 Å². The number of aliphatic hydroxyl groups is 1. The maximum absolute atomic E-state index is 13.6. The minimum Gasteiger partial charge on any atom is -0.497 e. The van der Waals surface area contributed by atoms with Crippen LogP contribution in [0.2, 0.25) is 0 Å². The van der Waals surface area contributed by atoms with Gasteiger partial charge in [-0.2, -0.15) is 15.6 Å². The van der Waals surface area contributed by atoms with Gasteiger partial charge in [-0.05, 0) is 91.5 Å². The fraction of sp³-hybridized carbons (Fsp3) is 0.581. The molecule has 1 amide bonds. The Morgan fingerprint density at radius 3 is 2.47 bits per heavy atom. The molecule has 2 atom stereocenters. The van der Waals surface area contributed by atoms with Gasteiger partial charge in [0.05, 0.1) is 25.2 Å². The Balaban J connectivity index is 1.21. The Bertz CT molecular complexity index is 1300. The molecule has 0 spiro atoms. The number of hydrogen-bond acceptors (Lipinski definition) is 9. The van der Waals surface area contributed by atoms with Crippen LogP contribution in [-0.2, 0) is 24.3 Å². The zero-order chi connectivity index (χ0) is 30.2. The van der Waals surface area contributed by atoms with Gasteiger partial charge in [0.2, 0.25) is 16.3 Å². The van der Waals surface area contributed by atoms with Crippen LogP contribution in [0.1, 0.15) is 50.0 Å². The Morgan fingerprint density at radius 2 is 1.81 bits per heavy atom. The molecule has 1 aromatic carbocycles. The maximum Gasteiger partial charge on any atom is 0.288 e. The summed E-state index contributed by atoms with van der Waals surface area (Å²) in [5.74, 6) is 0.679. The SMILES string of the molecule is COc1ccc(S(=O)(=O)N(CCO)CCO[C@H]2C[C@@H](c3ccsc3)C=C(C(=O)N3CCC(N4CCCCC4)CC3)O2)cc1. The van der Waals surface area contributed by atoms with E-state index in [0.717, 1.165) is 31.5 Å². The summed E-state index contributed by atoms with van der Waals surface area (Å²) in [7, 11) is -2.35. The predicted octanol–water partition coefficient (Wildman–Crippen LogP) is 3.65. The Hall–Kier alpha value is -2.48. The zero-order valence-corrected chi connectivity index (χ0v) is 26.4. The molecule has 0 radical (unpaired) electrons. The van der Waals surface area contributed by atoms with E-state index in [0.29, 0.717) is 37.1 Å². The van der Waals surface area contributed by atoms with Crippen LogP contribution in [0.4, 0.5) is 0 Å². The molecule has 10 nitrogen and oxygen atoms in total. The fourth-order valence-corrected chi connectivity index (χ4v) is 8.29. The van der Waals surface area contributed by atoms with Gasteiger partial charge in [0.25, 0.3) is 5.91 Å². The third kappa shape index (κ3) is 7.98. The summed E-state index contributed by atoms with van der Waals surface area (Å²) in [5.41, 5.74) is 1.10. The number of nitrogens with zero attached hydrogens (tertiary/aromatic N) is 3. The second-order valence-corrected chi connectivity index (χ2v) is 14.0. The number of carbonyl (C=O) groups is 1. The molecule has 2 saturated heterocycles. The number of amides is 1. The van der Waals surface area contributed by atoms with Gasteiger partial charge in [0.1, 0.15) is 5.75 Å². The first kappa shape index (κ1) is 31.9. The van der Waals surface area contributed by atoms with Gasteiger partial charge >= 0.3 is 0 Å². The van der Waals surface area contributed by atoms with Crippen molar-refractivity contribution in [1.82, 2.24) is 14.1 Å². The van der Waals surface area contributed by atoms with Gasteiger partial charge in [0, 0.05) is 44.6 Å². The number of hydrogen-bond donors (Lipinski definition) is 1. The molecule has 43 heavy (non-hydrogen) atoms. The number of piperidine rings is 2. The van der Waals surface area contributed by atoms with Crippen molar-refractivity contribution >= 4 is 27.3 Å². The van der Waals surface area contributed by atoms with E-state index in [4.69, 9.17) is 14.2 Å². The van der Waals surface area contributed by atoms with Crippen molar-refractivity contribution in [2.45, 2.75) is 61.7 Å². The number of methoxy groups -OCH3 is 1. The summed E-state index contributed by atoms with van der Waals surface area (Å²) < 4.78 is 45.1. The molecule has 4 heterocycles. The largest absolute Gasteiger partial charge is 0.497 e. The highest BCUT2D eigenvalue weighted by Gasteiger charge is 2.34. The Morgan fingerprint density at radius 1 is 1.07 bits per heavy atom. The van der Waals surface area contributed by atoms with E-state index in [1.807, 2.05) is 22.4 Å². The van der Waals surface area contributed by atoms with Gasteiger partial charge in [0.15, 0.2) is 5.76 Å². The molecule has 3 aliphatic heterocycles. The molecule has 1 N–H and O–H groups in total. The predicted molar refractivity (Wildman–Crippen MR) is 164 cm³/mol. The number of carbonyl (C=O) groups excluding carboxylic acids is 1. The Kier molecular flexibility index (Phi) is 11.1. The second-order valence-electron chi connectivity index (χ2n) is 11.3. The normalized spacial score (nSPS) is 22.3. The molecule has 0 unspecified atom stereocenters. The first-order valence-corrected chi connectivity index (χ1v) is 17.6. The third-order valence-electron chi connectivity index (χ3n) is 8.59. The molecule has 5 rings (SSSR count). The average Bonchev–Trinajstić information content (AvgIpc) is 3.60. The van der Waals surface area contributed by atoms with Crippen LogP contribution in [0.15, 0.2) is 57.8 Å². The van der Waals surface area contributed by atoms with Crippen molar-refractivity contribution in [3.05, 3.63) is 58.5 Å². The van der Waals surface area contributed by atoms with E-state index in [9.17, 15) is 18.3 Å². The van der Waals surface area contributed by atoms with Crippen LogP contribution in [0.3, 0.4) is 0 Å². The Labute approximate surface area is 258 Å². The number of allylic oxidation sites excluding steroid dienone is 1. The summed E-state index contributed by atoms with van der Waals surface area (Å²) in [6.07, 6.45) is 7.48. The van der Waals surface area contributed by atoms with Gasteiger partial charge in [-0.3, -0.25) is 4.79 Å². The number of aliphatic hydroxyl groups excluding tert-OH is 1. The van der Waals surface area contributed by atoms with E-state index < -0.39 is 16.3 Å². The quantitative estimate of drug-likeness (QED) is 0.378. The van der Waals surface area contributed by atoms with Gasteiger partial charge in [-0.1, -0.05) is 6.42 Å². The van der Waals surface area contributed by atoms with Gasteiger partial charge in [-0.25, -0.2) is 8.42 Å². The second kappa shape index (κ2) is 15.0. The lowest BCUT2D eigenvalue weighted by molar-refractivity contribution is -0.153. The van der Waals surface area contributed by atoms with Crippen molar-refractivity contribution in [3.63, 3.8) is 0 Å². The highest BCUT2D eigenvalue weighted by atomic mass is 32.2. The van der Waals surface area contributed by atoms with Crippen molar-refractivity contribution in [2.75, 3.05) is 59.6 Å². The summed E-state index contributed by atoms with van der Waals surface area (Å²) in [6, 6.07) is 8.71. The molecule has 3 aliphatic rings.